The number of carbonyl (C=O) groups excluding carboxylic acids is 1. The number of aliphatic hydroxyl groups excluding tert-OH is 3. The van der Waals surface area contributed by atoms with Crippen molar-refractivity contribution >= 4 is 22.9 Å². The number of aliphatic carboxylic acids is 1. The van der Waals surface area contributed by atoms with E-state index in [4.69, 9.17) is 19.0 Å². The topological polar surface area (TPSA) is 265 Å². The van der Waals surface area contributed by atoms with Crippen molar-refractivity contribution in [1.29, 1.82) is 0 Å². The molecule has 0 saturated carbocycles. The molecule has 1 aliphatic rings. The Kier molecular flexibility index (Phi) is 8.34. The van der Waals surface area contributed by atoms with Gasteiger partial charge >= 0.3 is 11.9 Å². The zero-order valence-corrected chi connectivity index (χ0v) is 21.9. The third-order valence-electron chi connectivity index (χ3n) is 6.72. The van der Waals surface area contributed by atoms with Crippen LogP contribution in [0.25, 0.3) is 22.3 Å². The third kappa shape index (κ3) is 6.09. The number of carboxylic acid groups (broad SMARTS) is 1. The summed E-state index contributed by atoms with van der Waals surface area (Å²) in [6.45, 7) is 0.354. The predicted molar refractivity (Wildman–Crippen MR) is 139 cm³/mol. The van der Waals surface area contributed by atoms with Gasteiger partial charge < -0.3 is 59.8 Å². The van der Waals surface area contributed by atoms with Gasteiger partial charge in [-0.25, -0.2) is 0 Å². The molecule has 15 nitrogen and oxygen atoms in total. The summed E-state index contributed by atoms with van der Waals surface area (Å²) in [6.07, 6.45) is -10.5. The van der Waals surface area contributed by atoms with E-state index >= 15 is 0 Å². The second-order valence-corrected chi connectivity index (χ2v) is 10.2. The molecule has 2 aromatic carbocycles. The van der Waals surface area contributed by atoms with Gasteiger partial charge in [0.05, 0.1) is 24.0 Å². The Morgan fingerprint density at radius 2 is 1.60 bits per heavy atom. The number of phenols is 4. The Morgan fingerprint density at radius 1 is 0.905 bits per heavy atom. The molecule has 226 valence electrons. The fourth-order valence-electron chi connectivity index (χ4n) is 4.67. The molecule has 1 aromatic heterocycles. The first-order valence-electron chi connectivity index (χ1n) is 12.4. The molecule has 1 fully saturated rings. The maximum atomic E-state index is 13.0. The molecule has 42 heavy (non-hydrogen) atoms. The van der Waals surface area contributed by atoms with Crippen LogP contribution in [0.1, 0.15) is 31.4 Å². The van der Waals surface area contributed by atoms with Crippen molar-refractivity contribution in [3.05, 3.63) is 46.1 Å². The quantitative estimate of drug-likeness (QED) is 0.123. The minimum atomic E-state index is -1.95. The van der Waals surface area contributed by atoms with Gasteiger partial charge in [0.2, 0.25) is 0 Å². The number of rotatable bonds is 8. The largest absolute Gasteiger partial charge is 0.507 e. The van der Waals surface area contributed by atoms with Crippen LogP contribution in [0.3, 0.4) is 0 Å². The average molecular weight is 593 g/mol. The molecule has 6 atom stereocenters. The highest BCUT2D eigenvalue weighted by molar-refractivity contribution is 5.89. The van der Waals surface area contributed by atoms with Crippen molar-refractivity contribution in [3.63, 3.8) is 0 Å². The minimum Gasteiger partial charge on any atom is -0.507 e. The Bertz CT molecular complexity index is 1580. The second-order valence-electron chi connectivity index (χ2n) is 10.2. The van der Waals surface area contributed by atoms with Crippen molar-refractivity contribution in [2.45, 2.75) is 55.9 Å². The molecule has 0 radical (unpaired) electrons. The number of hydrogen-bond acceptors (Lipinski definition) is 14. The van der Waals surface area contributed by atoms with E-state index in [-0.39, 0.29) is 11.3 Å². The predicted octanol–water partition coefficient (Wildman–Crippen LogP) is -0.0360. The second kappa shape index (κ2) is 11.5. The summed E-state index contributed by atoms with van der Waals surface area (Å²) in [5.41, 5.74) is -3.59. The number of carboxylic acids is 1. The number of benzene rings is 2. The van der Waals surface area contributed by atoms with Crippen molar-refractivity contribution < 1.29 is 69.4 Å². The lowest BCUT2D eigenvalue weighted by atomic mass is 9.89. The van der Waals surface area contributed by atoms with Crippen molar-refractivity contribution in [1.82, 2.24) is 0 Å². The third-order valence-corrected chi connectivity index (χ3v) is 6.72. The fraction of sp³-hybridized carbons (Fsp3) is 0.370. The molecule has 0 amide bonds. The maximum Gasteiger partial charge on any atom is 0.308 e. The highest BCUT2D eigenvalue weighted by atomic mass is 16.6. The first-order chi connectivity index (χ1) is 19.6. The fourth-order valence-corrected chi connectivity index (χ4v) is 4.67. The normalized spacial score (nSPS) is 23.8. The Balaban J connectivity index is 1.71. The highest BCUT2D eigenvalue weighted by Crippen LogP contribution is 2.44. The number of esters is 1. The van der Waals surface area contributed by atoms with Crippen LogP contribution in [0.4, 0.5) is 0 Å². The standard InChI is InChI=1S/C27H28O15/c1-27(39,7-18(33)34)8-19(35)40-9-17-22(36)23(37)24(38)26(42-17)21-14(31)5-13(30)20-15(32)6-16(41-25(20)21)10-2-3-11(28)12(29)4-10/h2-6,17,22-24,26,28-31,36-39H,7-9H2,1H3,(H,33,34)/t17-,22+,23-,24+,26-,27+/m0/s1. The van der Waals surface area contributed by atoms with E-state index in [1.807, 2.05) is 0 Å². The first kappa shape index (κ1) is 30.5. The Hall–Kier alpha value is -4.41. The number of hydrogen-bond donors (Lipinski definition) is 9. The van der Waals surface area contributed by atoms with Crippen LogP contribution in [-0.2, 0) is 19.1 Å². The molecule has 15 heteroatoms. The van der Waals surface area contributed by atoms with Crippen LogP contribution in [0.15, 0.2) is 39.5 Å². The number of aromatic hydroxyl groups is 4. The number of fused-ring (bicyclic) bond motifs is 1. The Labute approximate surface area is 235 Å². The van der Waals surface area contributed by atoms with E-state index < -0.39 is 112 Å². The van der Waals surface area contributed by atoms with Crippen LogP contribution in [0.5, 0.6) is 23.0 Å². The molecule has 0 spiro atoms. The molecular weight excluding hydrogens is 564 g/mol. The lowest BCUT2D eigenvalue weighted by molar-refractivity contribution is -0.235. The van der Waals surface area contributed by atoms with E-state index in [9.17, 15) is 55.2 Å². The molecule has 2 heterocycles. The zero-order valence-electron chi connectivity index (χ0n) is 21.9. The summed E-state index contributed by atoms with van der Waals surface area (Å²) in [5, 5.41) is 90.9. The van der Waals surface area contributed by atoms with Crippen LogP contribution in [-0.4, -0.2) is 94.5 Å². The van der Waals surface area contributed by atoms with Crippen LogP contribution in [0.2, 0.25) is 0 Å². The van der Waals surface area contributed by atoms with Crippen molar-refractivity contribution in [2.75, 3.05) is 6.61 Å². The van der Waals surface area contributed by atoms with Gasteiger partial charge in [-0.1, -0.05) is 0 Å². The van der Waals surface area contributed by atoms with Crippen LogP contribution >= 0.6 is 0 Å². The van der Waals surface area contributed by atoms with Gasteiger partial charge in [0.1, 0.15) is 59.8 Å². The molecule has 1 aliphatic heterocycles. The van der Waals surface area contributed by atoms with Gasteiger partial charge in [-0.05, 0) is 25.1 Å². The average Bonchev–Trinajstić information content (AvgIpc) is 2.87. The summed E-state index contributed by atoms with van der Waals surface area (Å²) < 4.78 is 16.5. The first-order valence-corrected chi connectivity index (χ1v) is 12.4. The van der Waals surface area contributed by atoms with Gasteiger partial charge in [-0.15, -0.1) is 0 Å². The highest BCUT2D eigenvalue weighted by Gasteiger charge is 2.47. The van der Waals surface area contributed by atoms with Crippen LogP contribution < -0.4 is 5.43 Å². The summed E-state index contributed by atoms with van der Waals surface area (Å²) in [6, 6.07) is 5.23. The smallest absolute Gasteiger partial charge is 0.308 e. The summed E-state index contributed by atoms with van der Waals surface area (Å²) in [7, 11) is 0. The van der Waals surface area contributed by atoms with Gasteiger partial charge in [0, 0.05) is 17.7 Å². The number of phenolic OH excluding ortho intramolecular Hbond substituents is 4. The lowest BCUT2D eigenvalue weighted by Gasteiger charge is -2.40. The van der Waals surface area contributed by atoms with Crippen molar-refractivity contribution in [2.24, 2.45) is 0 Å². The van der Waals surface area contributed by atoms with Gasteiger partial charge in [-0.3, -0.25) is 14.4 Å². The summed E-state index contributed by atoms with van der Waals surface area (Å²) >= 11 is 0. The molecular formula is C27H28O15. The SMILES string of the molecule is C[C@@](O)(CC(=O)O)CC(=O)OC[C@@H]1O[C@@H](c2c(O)cc(O)c3c(=O)cc(-c4ccc(O)c(O)c4)oc23)[C@H](O)[C@@H](O)[C@@H]1O. The molecule has 4 rings (SSSR count). The number of aliphatic hydroxyl groups is 4. The number of carbonyl (C=O) groups is 2. The molecule has 1 saturated heterocycles. The molecule has 0 aliphatic carbocycles. The zero-order chi connectivity index (χ0) is 31.1. The lowest BCUT2D eigenvalue weighted by Crippen LogP contribution is -2.55. The van der Waals surface area contributed by atoms with E-state index in [1.54, 1.807) is 0 Å². The van der Waals surface area contributed by atoms with Crippen LogP contribution in [0, 0.1) is 0 Å². The molecule has 3 aromatic rings. The van der Waals surface area contributed by atoms with E-state index in [0.717, 1.165) is 31.2 Å². The summed E-state index contributed by atoms with van der Waals surface area (Å²) in [4.78, 5) is 36.1. The monoisotopic (exact) mass is 592 g/mol. The van der Waals surface area contributed by atoms with Gasteiger partial charge in [0.25, 0.3) is 0 Å². The maximum absolute atomic E-state index is 13.0. The molecule has 0 unspecified atom stereocenters. The summed E-state index contributed by atoms with van der Waals surface area (Å²) in [5.74, 6) is -5.08. The molecule has 0 bridgehead atoms. The van der Waals surface area contributed by atoms with E-state index in [1.165, 1.54) is 6.07 Å². The van der Waals surface area contributed by atoms with Gasteiger partial charge in [0.15, 0.2) is 22.5 Å². The van der Waals surface area contributed by atoms with E-state index in [2.05, 4.69) is 0 Å². The minimum absolute atomic E-state index is 0.0993. The Morgan fingerprint density at radius 3 is 2.24 bits per heavy atom. The molecule has 9 N–H and O–H groups in total. The van der Waals surface area contributed by atoms with Crippen molar-refractivity contribution in [3.8, 4) is 34.3 Å². The van der Waals surface area contributed by atoms with Gasteiger partial charge in [-0.2, -0.15) is 0 Å². The van der Waals surface area contributed by atoms with E-state index in [0.29, 0.717) is 0 Å². The number of ether oxygens (including phenoxy) is 2.